The van der Waals surface area contributed by atoms with Crippen LogP contribution >= 0.6 is 11.6 Å². The molecule has 11 nitrogen and oxygen atoms in total. The Kier molecular flexibility index (Phi) is 7.24. The van der Waals surface area contributed by atoms with E-state index >= 15 is 0 Å². The number of likely N-dealkylation sites (N-methyl/N-ethyl adjacent to an activating group) is 1. The zero-order valence-electron chi connectivity index (χ0n) is 20.5. The molecule has 2 aromatic heterocycles. The first-order valence-corrected chi connectivity index (χ1v) is 12.4. The van der Waals surface area contributed by atoms with E-state index < -0.39 is 12.2 Å². The number of morpholine rings is 1. The van der Waals surface area contributed by atoms with Crippen molar-refractivity contribution in [2.24, 2.45) is 0 Å². The van der Waals surface area contributed by atoms with Gasteiger partial charge in [-0.1, -0.05) is 6.07 Å². The Morgan fingerprint density at radius 1 is 1.19 bits per heavy atom. The van der Waals surface area contributed by atoms with Gasteiger partial charge in [0.25, 0.3) is 6.43 Å². The van der Waals surface area contributed by atoms with E-state index in [1.165, 1.54) is 11.7 Å². The third-order valence-corrected chi connectivity index (χ3v) is 6.91. The second kappa shape index (κ2) is 10.6. The summed E-state index contributed by atoms with van der Waals surface area (Å²) in [4.78, 5) is 35.7. The van der Waals surface area contributed by atoms with Crippen LogP contribution in [0.4, 0.5) is 20.7 Å². The van der Waals surface area contributed by atoms with E-state index in [-0.39, 0.29) is 29.3 Å². The van der Waals surface area contributed by atoms with Gasteiger partial charge in [0.15, 0.2) is 5.82 Å². The number of fused-ring (bicyclic) bond motifs is 1. The Hall–Kier alpha value is -3.32. The van der Waals surface area contributed by atoms with Crippen molar-refractivity contribution in [1.29, 1.82) is 0 Å². The molecule has 14 heteroatoms. The summed E-state index contributed by atoms with van der Waals surface area (Å²) in [6.07, 6.45) is -2.19. The molecular weight excluding hydrogens is 510 g/mol. The molecule has 3 aromatic rings. The van der Waals surface area contributed by atoms with Crippen LogP contribution in [-0.2, 0) is 9.53 Å². The Bertz CT molecular complexity index is 1290. The van der Waals surface area contributed by atoms with Crippen LogP contribution in [0, 0.1) is 0 Å². The first kappa shape index (κ1) is 25.3. The highest BCUT2D eigenvalue weighted by Crippen LogP contribution is 2.32. The van der Waals surface area contributed by atoms with E-state index in [2.05, 4.69) is 19.9 Å². The molecule has 1 amide bonds. The first-order valence-electron chi connectivity index (χ1n) is 11.9. The first-order chi connectivity index (χ1) is 17.9. The second-order valence-corrected chi connectivity index (χ2v) is 9.06. The van der Waals surface area contributed by atoms with Gasteiger partial charge in [-0.2, -0.15) is 15.0 Å². The van der Waals surface area contributed by atoms with E-state index in [1.807, 2.05) is 16.8 Å². The minimum absolute atomic E-state index is 0.0242. The van der Waals surface area contributed by atoms with Crippen LogP contribution in [0.25, 0.3) is 17.0 Å². The maximum atomic E-state index is 14.2. The molecule has 0 spiro atoms. The van der Waals surface area contributed by atoms with Crippen LogP contribution in [0.15, 0.2) is 18.2 Å². The molecule has 37 heavy (non-hydrogen) atoms. The van der Waals surface area contributed by atoms with Gasteiger partial charge >= 0.3 is 0 Å². The standard InChI is InChI=1S/C23H27ClF2N8O3/c1-31(14-6-7-33(13-14)17(35)12-24)21-28-22(32-8-10-37-11-9-32)30-23(29-21)34-15-4-3-5-16(36-2)18(15)27-20(34)19(25)26/h3-5,14,19H,6-13H2,1-2H3/t14-/m0/s1. The lowest BCUT2D eigenvalue weighted by Gasteiger charge is -2.29. The quantitative estimate of drug-likeness (QED) is 0.421. The van der Waals surface area contributed by atoms with Crippen LogP contribution in [-0.4, -0.2) is 101 Å². The Labute approximate surface area is 217 Å². The third-order valence-electron chi connectivity index (χ3n) is 6.68. The molecule has 2 aliphatic heterocycles. The molecule has 0 aliphatic carbocycles. The van der Waals surface area contributed by atoms with Crippen molar-refractivity contribution in [3.63, 3.8) is 0 Å². The van der Waals surface area contributed by atoms with E-state index in [0.717, 1.165) is 0 Å². The zero-order chi connectivity index (χ0) is 26.1. The normalized spacial score (nSPS) is 18.2. The van der Waals surface area contributed by atoms with Gasteiger partial charge < -0.3 is 24.2 Å². The van der Waals surface area contributed by atoms with Crippen molar-refractivity contribution in [3.05, 3.63) is 24.0 Å². The number of hydrogen-bond acceptors (Lipinski definition) is 9. The van der Waals surface area contributed by atoms with E-state index in [9.17, 15) is 13.6 Å². The van der Waals surface area contributed by atoms with Gasteiger partial charge in [-0.3, -0.25) is 9.36 Å². The molecule has 1 atom stereocenters. The molecule has 5 rings (SSSR count). The number of anilines is 2. The number of para-hydroxylation sites is 1. The van der Waals surface area contributed by atoms with Gasteiger partial charge in [-0.05, 0) is 18.6 Å². The predicted octanol–water partition coefficient (Wildman–Crippen LogP) is 2.27. The molecule has 1 aromatic carbocycles. The number of halogens is 3. The lowest BCUT2D eigenvalue weighted by Crippen LogP contribution is -2.40. The number of alkyl halides is 3. The minimum Gasteiger partial charge on any atom is -0.494 e. The third kappa shape index (κ3) is 4.85. The smallest absolute Gasteiger partial charge is 0.296 e. The maximum Gasteiger partial charge on any atom is 0.296 e. The maximum absolute atomic E-state index is 14.2. The highest BCUT2D eigenvalue weighted by atomic mass is 35.5. The fourth-order valence-corrected chi connectivity index (χ4v) is 4.82. The van der Waals surface area contributed by atoms with Gasteiger partial charge in [0.1, 0.15) is 17.1 Å². The number of ether oxygens (including phenoxy) is 2. The highest BCUT2D eigenvalue weighted by molar-refractivity contribution is 6.27. The molecule has 2 saturated heterocycles. The van der Waals surface area contributed by atoms with Crippen LogP contribution < -0.4 is 14.5 Å². The van der Waals surface area contributed by atoms with Crippen LogP contribution in [0.5, 0.6) is 5.75 Å². The molecule has 198 valence electrons. The van der Waals surface area contributed by atoms with Crippen molar-refractivity contribution in [3.8, 4) is 11.7 Å². The number of likely N-dealkylation sites (tertiary alicyclic amines) is 1. The summed E-state index contributed by atoms with van der Waals surface area (Å²) in [6.45, 7) is 3.12. The lowest BCUT2D eigenvalue weighted by molar-refractivity contribution is -0.127. The van der Waals surface area contributed by atoms with E-state index in [4.69, 9.17) is 21.1 Å². The molecule has 4 heterocycles. The summed E-state index contributed by atoms with van der Waals surface area (Å²) < 4.78 is 40.5. The van der Waals surface area contributed by atoms with E-state index in [1.54, 1.807) is 23.1 Å². The number of aromatic nitrogens is 5. The summed E-state index contributed by atoms with van der Waals surface area (Å²) in [5.74, 6) is 0.342. The molecule has 2 fully saturated rings. The summed E-state index contributed by atoms with van der Waals surface area (Å²) in [5, 5.41) is 0. The zero-order valence-corrected chi connectivity index (χ0v) is 21.2. The Morgan fingerprint density at radius 2 is 1.95 bits per heavy atom. The number of benzene rings is 1. The van der Waals surface area contributed by atoms with Gasteiger partial charge in [-0.15, -0.1) is 11.6 Å². The average Bonchev–Trinajstić information content (AvgIpc) is 3.58. The molecule has 0 N–H and O–H groups in total. The number of amides is 1. The summed E-state index contributed by atoms with van der Waals surface area (Å²) in [6, 6.07) is 4.96. The molecule has 0 bridgehead atoms. The predicted molar refractivity (Wildman–Crippen MR) is 133 cm³/mol. The molecule has 0 radical (unpaired) electrons. The highest BCUT2D eigenvalue weighted by Gasteiger charge is 2.31. The Balaban J connectivity index is 1.62. The van der Waals surface area contributed by atoms with Crippen molar-refractivity contribution in [2.75, 3.05) is 69.2 Å². The van der Waals surface area contributed by atoms with Crippen LogP contribution in [0.2, 0.25) is 0 Å². The largest absolute Gasteiger partial charge is 0.494 e. The van der Waals surface area contributed by atoms with Crippen LogP contribution in [0.1, 0.15) is 18.7 Å². The molecule has 2 aliphatic rings. The fourth-order valence-electron chi connectivity index (χ4n) is 4.65. The summed E-state index contributed by atoms with van der Waals surface area (Å²) >= 11 is 5.74. The SMILES string of the molecule is COc1cccc2c1nc(C(F)F)n2-c1nc(N2CCOCC2)nc(N(C)[C@H]2CCN(C(=O)CCl)C2)n1. The monoisotopic (exact) mass is 536 g/mol. The molecule has 0 unspecified atom stereocenters. The lowest BCUT2D eigenvalue weighted by atomic mass is 10.2. The number of carbonyl (C=O) groups excluding carboxylic acids is 1. The molecule has 0 saturated carbocycles. The van der Waals surface area contributed by atoms with Crippen LogP contribution in [0.3, 0.4) is 0 Å². The number of hydrogen-bond donors (Lipinski definition) is 0. The molecular formula is C23H27ClF2N8O3. The van der Waals surface area contributed by atoms with Crippen molar-refractivity contribution in [1.82, 2.24) is 29.4 Å². The summed E-state index contributed by atoms with van der Waals surface area (Å²) in [5.41, 5.74) is 0.677. The number of methoxy groups -OCH3 is 1. The van der Waals surface area contributed by atoms with Gasteiger partial charge in [0.2, 0.25) is 23.8 Å². The summed E-state index contributed by atoms with van der Waals surface area (Å²) in [7, 11) is 3.28. The van der Waals surface area contributed by atoms with Gasteiger partial charge in [0, 0.05) is 33.2 Å². The van der Waals surface area contributed by atoms with Gasteiger partial charge in [0.05, 0.1) is 31.9 Å². The van der Waals surface area contributed by atoms with Crippen molar-refractivity contribution >= 4 is 40.4 Å². The average molecular weight is 537 g/mol. The van der Waals surface area contributed by atoms with E-state index in [0.29, 0.717) is 69.0 Å². The number of carbonyl (C=O) groups is 1. The second-order valence-electron chi connectivity index (χ2n) is 8.80. The minimum atomic E-state index is -2.88. The van der Waals surface area contributed by atoms with Gasteiger partial charge in [-0.25, -0.2) is 13.8 Å². The Morgan fingerprint density at radius 3 is 2.65 bits per heavy atom. The number of rotatable bonds is 7. The number of nitrogens with zero attached hydrogens (tertiary/aromatic N) is 8. The topological polar surface area (TPSA) is 102 Å². The van der Waals surface area contributed by atoms with Crippen molar-refractivity contribution in [2.45, 2.75) is 18.9 Å². The number of imidazole rings is 1. The fraction of sp³-hybridized carbons (Fsp3) is 0.522. The van der Waals surface area contributed by atoms with Crippen molar-refractivity contribution < 1.29 is 23.0 Å².